The van der Waals surface area contributed by atoms with Crippen LogP contribution in [-0.2, 0) is 11.3 Å². The number of aryl methyl sites for hydroxylation is 1. The number of aromatic nitrogens is 1. The Morgan fingerprint density at radius 2 is 2.08 bits per heavy atom. The molecule has 5 heteroatoms. The highest BCUT2D eigenvalue weighted by Crippen LogP contribution is 2.21. The van der Waals surface area contributed by atoms with Gasteiger partial charge in [-0.25, -0.2) is 0 Å². The van der Waals surface area contributed by atoms with Gasteiger partial charge in [-0.3, -0.25) is 4.79 Å². The topological polar surface area (TPSA) is 78.0 Å². The summed E-state index contributed by atoms with van der Waals surface area (Å²) >= 11 is 0. The maximum atomic E-state index is 12.4. The molecule has 0 aliphatic heterocycles. The predicted octanol–water partition coefficient (Wildman–Crippen LogP) is 2.84. The molecule has 2 rings (SSSR count). The lowest BCUT2D eigenvalue weighted by Crippen LogP contribution is -2.39. The Balaban J connectivity index is 2.13. The van der Waals surface area contributed by atoms with Crippen molar-refractivity contribution in [3.8, 4) is 6.07 Å². The van der Waals surface area contributed by atoms with E-state index in [1.807, 2.05) is 26.0 Å². The first-order valence-corrected chi connectivity index (χ1v) is 8.73. The number of hydrogen-bond acceptors (Lipinski definition) is 3. The van der Waals surface area contributed by atoms with E-state index in [1.165, 1.54) is 0 Å². The number of carbonyl (C=O) groups is 1. The van der Waals surface area contributed by atoms with E-state index in [4.69, 9.17) is 0 Å². The molecule has 0 aromatic carbocycles. The zero-order valence-corrected chi connectivity index (χ0v) is 14.8. The third-order valence-corrected chi connectivity index (χ3v) is 4.76. The van der Waals surface area contributed by atoms with Crippen LogP contribution < -0.4 is 5.32 Å². The molecule has 24 heavy (non-hydrogen) atoms. The van der Waals surface area contributed by atoms with E-state index < -0.39 is 0 Å². The van der Waals surface area contributed by atoms with Crippen molar-refractivity contribution in [1.29, 1.82) is 5.26 Å². The van der Waals surface area contributed by atoms with Gasteiger partial charge in [-0.2, -0.15) is 5.26 Å². The molecule has 0 atom stereocenters. The number of aliphatic hydroxyl groups excluding tert-OH is 1. The van der Waals surface area contributed by atoms with E-state index in [-0.39, 0.29) is 23.6 Å². The van der Waals surface area contributed by atoms with Gasteiger partial charge < -0.3 is 15.0 Å². The van der Waals surface area contributed by atoms with Gasteiger partial charge in [0.25, 0.3) is 5.91 Å². The summed E-state index contributed by atoms with van der Waals surface area (Å²) in [5, 5.41) is 21.8. The number of hydrogen-bond donors (Lipinski definition) is 2. The summed E-state index contributed by atoms with van der Waals surface area (Å²) in [6.07, 6.45) is 5.39. The quantitative estimate of drug-likeness (QED) is 0.644. The van der Waals surface area contributed by atoms with E-state index in [9.17, 15) is 15.2 Å². The first kappa shape index (κ1) is 18.3. The highest BCUT2D eigenvalue weighted by atomic mass is 16.3. The van der Waals surface area contributed by atoms with Gasteiger partial charge in [-0.05, 0) is 63.7 Å². The van der Waals surface area contributed by atoms with Gasteiger partial charge in [0.2, 0.25) is 0 Å². The molecule has 1 saturated carbocycles. The molecule has 0 radical (unpaired) electrons. The predicted molar refractivity (Wildman–Crippen MR) is 94.2 cm³/mol. The van der Waals surface area contributed by atoms with E-state index in [0.717, 1.165) is 42.8 Å². The van der Waals surface area contributed by atoms with Gasteiger partial charge in [0, 0.05) is 24.0 Å². The van der Waals surface area contributed by atoms with Crippen LogP contribution in [0.2, 0.25) is 0 Å². The third kappa shape index (κ3) is 4.27. The lowest BCUT2D eigenvalue weighted by atomic mass is 9.93. The minimum Gasteiger partial charge on any atom is -0.393 e. The number of carbonyl (C=O) groups excluding carboxylic acids is 1. The SMILES string of the molecule is CCCn1c(C)cc(/C=C(\C#N)C(=O)NC2CCC(O)CC2)c1C. The minimum atomic E-state index is -0.320. The van der Waals surface area contributed by atoms with Crippen molar-refractivity contribution in [3.63, 3.8) is 0 Å². The molecule has 2 N–H and O–H groups in total. The Bertz CT molecular complexity index is 659. The highest BCUT2D eigenvalue weighted by molar-refractivity contribution is 6.02. The van der Waals surface area contributed by atoms with Crippen molar-refractivity contribution < 1.29 is 9.90 Å². The first-order chi connectivity index (χ1) is 11.5. The van der Waals surface area contributed by atoms with Crippen LogP contribution in [0.3, 0.4) is 0 Å². The molecule has 0 unspecified atom stereocenters. The minimum absolute atomic E-state index is 0.0465. The molecule has 1 aromatic heterocycles. The fraction of sp³-hybridized carbons (Fsp3) is 0.579. The summed E-state index contributed by atoms with van der Waals surface area (Å²) in [5.41, 5.74) is 3.28. The Labute approximate surface area is 144 Å². The molecular weight excluding hydrogens is 302 g/mol. The molecule has 1 aromatic rings. The molecule has 1 fully saturated rings. The molecule has 1 aliphatic carbocycles. The van der Waals surface area contributed by atoms with Crippen LogP contribution >= 0.6 is 0 Å². The van der Waals surface area contributed by atoms with E-state index >= 15 is 0 Å². The maximum Gasteiger partial charge on any atom is 0.262 e. The summed E-state index contributed by atoms with van der Waals surface area (Å²) in [6, 6.07) is 4.09. The molecule has 130 valence electrons. The molecule has 0 spiro atoms. The number of aliphatic hydroxyl groups is 1. The summed E-state index contributed by atoms with van der Waals surface area (Å²) in [6.45, 7) is 7.12. The Morgan fingerprint density at radius 3 is 2.67 bits per heavy atom. The van der Waals surface area contributed by atoms with Crippen molar-refractivity contribution >= 4 is 12.0 Å². The van der Waals surface area contributed by atoms with Gasteiger partial charge in [-0.1, -0.05) is 6.92 Å². The number of nitrogens with one attached hydrogen (secondary N) is 1. The van der Waals surface area contributed by atoms with Gasteiger partial charge >= 0.3 is 0 Å². The first-order valence-electron chi connectivity index (χ1n) is 8.73. The van der Waals surface area contributed by atoms with Crippen LogP contribution in [0.25, 0.3) is 6.08 Å². The van der Waals surface area contributed by atoms with Gasteiger partial charge in [0.15, 0.2) is 0 Å². The van der Waals surface area contributed by atoms with E-state index in [1.54, 1.807) is 6.08 Å². The maximum absolute atomic E-state index is 12.4. The number of nitriles is 1. The van der Waals surface area contributed by atoms with Crippen LogP contribution in [-0.4, -0.2) is 27.7 Å². The van der Waals surface area contributed by atoms with E-state index in [2.05, 4.69) is 16.8 Å². The van der Waals surface area contributed by atoms with Gasteiger partial charge in [0.05, 0.1) is 6.10 Å². The average molecular weight is 329 g/mol. The van der Waals surface area contributed by atoms with Crippen LogP contribution in [0.5, 0.6) is 0 Å². The van der Waals surface area contributed by atoms with Crippen molar-refractivity contribution in [2.45, 2.75) is 71.6 Å². The molecule has 1 amide bonds. The summed E-state index contributed by atoms with van der Waals surface area (Å²) in [5.74, 6) is -0.320. The molecule has 1 heterocycles. The molecular formula is C19H27N3O2. The van der Waals surface area contributed by atoms with E-state index in [0.29, 0.717) is 12.8 Å². The lowest BCUT2D eigenvalue weighted by Gasteiger charge is -2.26. The molecule has 1 aliphatic rings. The number of rotatable bonds is 5. The van der Waals surface area contributed by atoms with Crippen LogP contribution in [0.4, 0.5) is 0 Å². The molecule has 5 nitrogen and oxygen atoms in total. The van der Waals surface area contributed by atoms with Gasteiger partial charge in [0.1, 0.15) is 11.6 Å². The Morgan fingerprint density at radius 1 is 1.42 bits per heavy atom. The molecule has 0 bridgehead atoms. The summed E-state index contributed by atoms with van der Waals surface area (Å²) in [4.78, 5) is 12.4. The summed E-state index contributed by atoms with van der Waals surface area (Å²) < 4.78 is 2.21. The zero-order chi connectivity index (χ0) is 17.7. The fourth-order valence-electron chi connectivity index (χ4n) is 3.33. The Hall–Kier alpha value is -2.06. The largest absolute Gasteiger partial charge is 0.393 e. The van der Waals surface area contributed by atoms with Crippen molar-refractivity contribution in [2.75, 3.05) is 0 Å². The van der Waals surface area contributed by atoms with Crippen molar-refractivity contribution in [2.24, 2.45) is 0 Å². The standard InChI is InChI=1S/C19H27N3O2/c1-4-9-22-13(2)10-15(14(22)3)11-16(12-20)19(24)21-17-5-7-18(23)8-6-17/h10-11,17-18,23H,4-9H2,1-3H3,(H,21,24)/b16-11+. The second-order valence-electron chi connectivity index (χ2n) is 6.63. The third-order valence-electron chi connectivity index (χ3n) is 4.76. The lowest BCUT2D eigenvalue weighted by molar-refractivity contribution is -0.118. The van der Waals surface area contributed by atoms with Crippen LogP contribution in [0.15, 0.2) is 11.6 Å². The van der Waals surface area contributed by atoms with Crippen LogP contribution in [0, 0.1) is 25.2 Å². The molecule has 0 saturated heterocycles. The Kier molecular flexibility index (Phi) is 6.22. The monoisotopic (exact) mass is 329 g/mol. The smallest absolute Gasteiger partial charge is 0.262 e. The summed E-state index contributed by atoms with van der Waals surface area (Å²) in [7, 11) is 0. The average Bonchev–Trinajstić information content (AvgIpc) is 2.82. The zero-order valence-electron chi connectivity index (χ0n) is 14.8. The van der Waals surface area contributed by atoms with Crippen molar-refractivity contribution in [3.05, 3.63) is 28.6 Å². The highest BCUT2D eigenvalue weighted by Gasteiger charge is 2.22. The normalized spacial score (nSPS) is 21.4. The fourth-order valence-corrected chi connectivity index (χ4v) is 3.33. The van der Waals surface area contributed by atoms with Crippen LogP contribution in [0.1, 0.15) is 56.0 Å². The second kappa shape index (κ2) is 8.16. The van der Waals surface area contributed by atoms with Crippen molar-refractivity contribution in [1.82, 2.24) is 9.88 Å². The number of nitrogens with zero attached hydrogens (tertiary/aromatic N) is 2. The second-order valence-corrected chi connectivity index (χ2v) is 6.63. The number of amides is 1. The van der Waals surface area contributed by atoms with Gasteiger partial charge in [-0.15, -0.1) is 0 Å².